The van der Waals surface area contributed by atoms with Crippen LogP contribution in [-0.4, -0.2) is 20.9 Å². The zero-order valence-corrected chi connectivity index (χ0v) is 12.4. The highest BCUT2D eigenvalue weighted by molar-refractivity contribution is 5.87. The molecule has 5 nitrogen and oxygen atoms in total. The molecule has 0 amide bonds. The lowest BCUT2D eigenvalue weighted by Crippen LogP contribution is -2.05. The molecule has 0 atom stereocenters. The van der Waals surface area contributed by atoms with Crippen LogP contribution in [0.25, 0.3) is 11.1 Å². The Morgan fingerprint density at radius 3 is 2.68 bits per heavy atom. The van der Waals surface area contributed by atoms with E-state index < -0.39 is 23.5 Å². The third kappa shape index (κ3) is 3.54. The molecule has 0 saturated carbocycles. The first-order chi connectivity index (χ1) is 11.7. The van der Waals surface area contributed by atoms with Gasteiger partial charge >= 0.3 is 12.1 Å². The fourth-order valence-corrected chi connectivity index (χ4v) is 2.25. The second-order valence-corrected chi connectivity index (χ2v) is 5.23. The zero-order chi connectivity index (χ0) is 18.2. The van der Waals surface area contributed by atoms with E-state index in [0.29, 0.717) is 12.1 Å². The third-order valence-electron chi connectivity index (χ3n) is 3.46. The van der Waals surface area contributed by atoms with Gasteiger partial charge in [0, 0.05) is 17.3 Å². The molecule has 0 radical (unpaired) electrons. The van der Waals surface area contributed by atoms with Gasteiger partial charge in [-0.3, -0.25) is 4.68 Å². The second-order valence-electron chi connectivity index (χ2n) is 5.23. The summed E-state index contributed by atoms with van der Waals surface area (Å²) in [6, 6.07) is 3.43. The summed E-state index contributed by atoms with van der Waals surface area (Å²) in [6.45, 7) is 0.0495. The van der Waals surface area contributed by atoms with Crippen LogP contribution in [0.2, 0.25) is 0 Å². The van der Waals surface area contributed by atoms with Gasteiger partial charge in [0.2, 0.25) is 0 Å². The van der Waals surface area contributed by atoms with Crippen LogP contribution in [0, 0.1) is 5.82 Å². The molecule has 9 heteroatoms. The largest absolute Gasteiger partial charge is 0.478 e. The molecular formula is C16H10F4N2O3. The quantitative estimate of drug-likeness (QED) is 0.718. The van der Waals surface area contributed by atoms with Gasteiger partial charge in [0.1, 0.15) is 17.8 Å². The summed E-state index contributed by atoms with van der Waals surface area (Å²) in [6.07, 6.45) is -0.949. The van der Waals surface area contributed by atoms with Crippen molar-refractivity contribution >= 4 is 5.97 Å². The van der Waals surface area contributed by atoms with Crippen molar-refractivity contribution in [2.45, 2.75) is 12.7 Å². The minimum Gasteiger partial charge on any atom is -0.478 e. The molecule has 0 unspecified atom stereocenters. The first-order valence-corrected chi connectivity index (χ1v) is 6.94. The summed E-state index contributed by atoms with van der Waals surface area (Å²) < 4.78 is 58.6. The number of halogens is 4. The lowest BCUT2D eigenvalue weighted by atomic mass is 10.1. The van der Waals surface area contributed by atoms with E-state index in [1.54, 1.807) is 0 Å². The molecular weight excluding hydrogens is 344 g/mol. The normalized spacial score (nSPS) is 11.7. The molecule has 0 spiro atoms. The van der Waals surface area contributed by atoms with Crippen LogP contribution in [-0.2, 0) is 12.7 Å². The van der Waals surface area contributed by atoms with Gasteiger partial charge in [-0.2, -0.15) is 18.3 Å². The molecule has 0 aliphatic heterocycles. The van der Waals surface area contributed by atoms with Gasteiger partial charge in [0.25, 0.3) is 0 Å². The highest BCUT2D eigenvalue weighted by Gasteiger charge is 2.31. The first-order valence-electron chi connectivity index (χ1n) is 6.94. The topological polar surface area (TPSA) is 68.3 Å². The maximum Gasteiger partial charge on any atom is 0.416 e. The lowest BCUT2D eigenvalue weighted by molar-refractivity contribution is -0.137. The third-order valence-corrected chi connectivity index (χ3v) is 3.46. The number of furan rings is 1. The number of alkyl halides is 3. The van der Waals surface area contributed by atoms with Crippen molar-refractivity contribution in [1.82, 2.24) is 9.78 Å². The van der Waals surface area contributed by atoms with Crippen LogP contribution in [0.3, 0.4) is 0 Å². The van der Waals surface area contributed by atoms with Gasteiger partial charge < -0.3 is 9.52 Å². The number of benzene rings is 1. The minimum absolute atomic E-state index is 0.0358. The first kappa shape index (κ1) is 16.7. The highest BCUT2D eigenvalue weighted by atomic mass is 19.4. The van der Waals surface area contributed by atoms with Gasteiger partial charge in [-0.15, -0.1) is 0 Å². The Balaban J connectivity index is 1.87. The van der Waals surface area contributed by atoms with Gasteiger partial charge in [-0.1, -0.05) is 0 Å². The number of aromatic nitrogens is 2. The van der Waals surface area contributed by atoms with Crippen molar-refractivity contribution in [2.75, 3.05) is 0 Å². The number of carboxylic acids is 1. The molecule has 25 heavy (non-hydrogen) atoms. The Hall–Kier alpha value is -3.10. The van der Waals surface area contributed by atoms with E-state index in [0.717, 1.165) is 12.3 Å². The number of rotatable bonds is 4. The van der Waals surface area contributed by atoms with Crippen molar-refractivity contribution in [3.63, 3.8) is 0 Å². The molecule has 1 N–H and O–H groups in total. The van der Waals surface area contributed by atoms with E-state index in [2.05, 4.69) is 5.10 Å². The van der Waals surface area contributed by atoms with Crippen LogP contribution in [0.1, 0.15) is 21.7 Å². The number of aromatic carboxylic acids is 1. The Morgan fingerprint density at radius 1 is 1.28 bits per heavy atom. The van der Waals surface area contributed by atoms with Crippen LogP contribution < -0.4 is 0 Å². The van der Waals surface area contributed by atoms with E-state index in [1.807, 2.05) is 0 Å². The van der Waals surface area contributed by atoms with Crippen LogP contribution in [0.5, 0.6) is 0 Å². The number of hydrogen-bond donors (Lipinski definition) is 1. The summed E-state index contributed by atoms with van der Waals surface area (Å²) in [5.74, 6) is -1.67. The molecule has 0 fully saturated rings. The summed E-state index contributed by atoms with van der Waals surface area (Å²) in [7, 11) is 0. The van der Waals surface area contributed by atoms with Crippen LogP contribution in [0.4, 0.5) is 17.6 Å². The van der Waals surface area contributed by atoms with Crippen molar-refractivity contribution in [2.24, 2.45) is 0 Å². The molecule has 0 aliphatic rings. The van der Waals surface area contributed by atoms with Crippen molar-refractivity contribution in [3.05, 3.63) is 65.6 Å². The number of carboxylic acid groups (broad SMARTS) is 1. The fraction of sp³-hybridized carbons (Fsp3) is 0.125. The molecule has 0 bridgehead atoms. The van der Waals surface area contributed by atoms with E-state index in [-0.39, 0.29) is 29.0 Å². The monoisotopic (exact) mass is 354 g/mol. The Labute approximate surface area is 138 Å². The maximum atomic E-state index is 13.9. The molecule has 2 heterocycles. The number of nitrogens with zero attached hydrogens (tertiary/aromatic N) is 2. The smallest absolute Gasteiger partial charge is 0.416 e. The Kier molecular flexibility index (Phi) is 4.07. The molecule has 130 valence electrons. The van der Waals surface area contributed by atoms with Gasteiger partial charge in [-0.25, -0.2) is 9.18 Å². The molecule has 3 aromatic rings. The van der Waals surface area contributed by atoms with E-state index in [4.69, 9.17) is 9.52 Å². The standard InChI is InChI=1S/C16H10F4N2O3/c17-14-2-1-11(16(18,19)20)4-13(14)10-5-21-22(6-10)7-12-3-9(8-25-12)15(23)24/h1-6,8H,7H2,(H,23,24). The van der Waals surface area contributed by atoms with Crippen molar-refractivity contribution in [3.8, 4) is 11.1 Å². The summed E-state index contributed by atoms with van der Waals surface area (Å²) in [5, 5.41) is 12.8. The second kappa shape index (κ2) is 6.08. The molecule has 1 aromatic carbocycles. The van der Waals surface area contributed by atoms with Gasteiger partial charge in [0.05, 0.1) is 23.9 Å². The van der Waals surface area contributed by atoms with Gasteiger partial charge in [0.15, 0.2) is 0 Å². The van der Waals surface area contributed by atoms with Crippen molar-refractivity contribution in [1.29, 1.82) is 0 Å². The van der Waals surface area contributed by atoms with Crippen LogP contribution >= 0.6 is 0 Å². The average Bonchev–Trinajstić information content (AvgIpc) is 3.16. The summed E-state index contributed by atoms with van der Waals surface area (Å²) >= 11 is 0. The number of hydrogen-bond acceptors (Lipinski definition) is 3. The number of carbonyl (C=O) groups is 1. The minimum atomic E-state index is -4.58. The average molecular weight is 354 g/mol. The summed E-state index contributed by atoms with van der Waals surface area (Å²) in [5.41, 5.74) is -1.07. The predicted octanol–water partition coefficient (Wildman–Crippen LogP) is 4.05. The predicted molar refractivity (Wildman–Crippen MR) is 77.4 cm³/mol. The van der Waals surface area contributed by atoms with Crippen LogP contribution in [0.15, 0.2) is 47.3 Å². The van der Waals surface area contributed by atoms with E-state index in [9.17, 15) is 22.4 Å². The zero-order valence-electron chi connectivity index (χ0n) is 12.4. The molecule has 0 aliphatic carbocycles. The van der Waals surface area contributed by atoms with Gasteiger partial charge in [-0.05, 0) is 24.3 Å². The molecule has 2 aromatic heterocycles. The molecule has 3 rings (SSSR count). The lowest BCUT2D eigenvalue weighted by Gasteiger charge is -2.08. The van der Waals surface area contributed by atoms with E-state index >= 15 is 0 Å². The summed E-state index contributed by atoms with van der Waals surface area (Å²) in [4.78, 5) is 10.8. The maximum absolute atomic E-state index is 13.9. The van der Waals surface area contributed by atoms with Crippen molar-refractivity contribution < 1.29 is 31.9 Å². The fourth-order valence-electron chi connectivity index (χ4n) is 2.25. The molecule has 0 saturated heterocycles. The highest BCUT2D eigenvalue weighted by Crippen LogP contribution is 2.33. The SMILES string of the molecule is O=C(O)c1coc(Cn2cc(-c3cc(C(F)(F)F)ccc3F)cn2)c1. The van der Waals surface area contributed by atoms with E-state index in [1.165, 1.54) is 23.1 Å². The Morgan fingerprint density at radius 2 is 2.04 bits per heavy atom. The Bertz CT molecular complexity index is 928.